The lowest BCUT2D eigenvalue weighted by molar-refractivity contribution is -0.131. The molecular weight excluding hydrogens is 496 g/mol. The Hall–Kier alpha value is -4.91. The SMILES string of the molecule is C=C(C)C(=O)Oc1ccc(-c2ccc(-c3ccc(OC(=O)C(=C)C)cc3OC)c(C)c2)c(OC(=O)C(=C)C)c1. The van der Waals surface area contributed by atoms with Crippen LogP contribution in [0.3, 0.4) is 0 Å². The van der Waals surface area contributed by atoms with Crippen LogP contribution in [0.15, 0.2) is 91.1 Å². The summed E-state index contributed by atoms with van der Waals surface area (Å²) in [7, 11) is 1.54. The molecule has 0 bridgehead atoms. The van der Waals surface area contributed by atoms with Gasteiger partial charge < -0.3 is 18.9 Å². The molecule has 0 radical (unpaired) electrons. The van der Waals surface area contributed by atoms with Crippen molar-refractivity contribution in [2.24, 2.45) is 0 Å². The summed E-state index contributed by atoms with van der Waals surface area (Å²) in [5.74, 6) is -0.425. The molecule has 0 saturated carbocycles. The Morgan fingerprint density at radius 2 is 1.05 bits per heavy atom. The van der Waals surface area contributed by atoms with Crippen LogP contribution < -0.4 is 18.9 Å². The van der Waals surface area contributed by atoms with E-state index in [1.54, 1.807) is 45.0 Å². The van der Waals surface area contributed by atoms with Gasteiger partial charge in [0.1, 0.15) is 23.0 Å². The number of benzene rings is 3. The van der Waals surface area contributed by atoms with E-state index in [2.05, 4.69) is 19.7 Å². The number of rotatable bonds is 9. The van der Waals surface area contributed by atoms with Crippen molar-refractivity contribution in [3.63, 3.8) is 0 Å². The molecule has 0 amide bonds. The fourth-order valence-electron chi connectivity index (χ4n) is 3.56. The zero-order valence-electron chi connectivity index (χ0n) is 22.7. The second kappa shape index (κ2) is 12.1. The molecule has 3 aromatic rings. The molecule has 200 valence electrons. The molecule has 0 aromatic heterocycles. The van der Waals surface area contributed by atoms with Crippen molar-refractivity contribution in [1.29, 1.82) is 0 Å². The molecule has 3 rings (SSSR count). The Labute approximate surface area is 228 Å². The van der Waals surface area contributed by atoms with Crippen LogP contribution in [0.5, 0.6) is 23.0 Å². The van der Waals surface area contributed by atoms with Crippen LogP contribution >= 0.6 is 0 Å². The smallest absolute Gasteiger partial charge is 0.338 e. The molecule has 0 aliphatic heterocycles. The summed E-state index contributed by atoms with van der Waals surface area (Å²) in [6.07, 6.45) is 0. The molecule has 0 aliphatic rings. The summed E-state index contributed by atoms with van der Waals surface area (Å²) in [6.45, 7) is 17.4. The maximum absolute atomic E-state index is 12.4. The largest absolute Gasteiger partial charge is 0.496 e. The van der Waals surface area contributed by atoms with Gasteiger partial charge in [0, 0.05) is 40.0 Å². The summed E-state index contributed by atoms with van der Waals surface area (Å²) in [4.78, 5) is 36.3. The van der Waals surface area contributed by atoms with E-state index in [1.165, 1.54) is 13.2 Å². The summed E-state index contributed by atoms with van der Waals surface area (Å²) >= 11 is 0. The first-order chi connectivity index (χ1) is 18.4. The second-order valence-corrected chi connectivity index (χ2v) is 9.06. The number of ether oxygens (including phenoxy) is 4. The number of hydrogen-bond donors (Lipinski definition) is 0. The van der Waals surface area contributed by atoms with Crippen molar-refractivity contribution in [1.82, 2.24) is 0 Å². The lowest BCUT2D eigenvalue weighted by Crippen LogP contribution is -2.11. The van der Waals surface area contributed by atoms with Crippen LogP contribution in [0.2, 0.25) is 0 Å². The third-order valence-electron chi connectivity index (χ3n) is 5.62. The Morgan fingerprint density at radius 1 is 0.590 bits per heavy atom. The molecule has 0 fully saturated rings. The first-order valence-corrected chi connectivity index (χ1v) is 12.0. The number of carbonyl (C=O) groups is 3. The monoisotopic (exact) mass is 526 g/mol. The van der Waals surface area contributed by atoms with Gasteiger partial charge in [-0.05, 0) is 68.7 Å². The molecule has 39 heavy (non-hydrogen) atoms. The van der Waals surface area contributed by atoms with Crippen LogP contribution in [0, 0.1) is 6.92 Å². The molecule has 0 saturated heterocycles. The normalized spacial score (nSPS) is 10.3. The maximum atomic E-state index is 12.4. The minimum atomic E-state index is -0.606. The van der Waals surface area contributed by atoms with E-state index in [4.69, 9.17) is 18.9 Å². The van der Waals surface area contributed by atoms with E-state index in [0.717, 1.165) is 22.3 Å². The summed E-state index contributed by atoms with van der Waals surface area (Å²) in [6, 6.07) is 15.7. The van der Waals surface area contributed by atoms with E-state index in [0.29, 0.717) is 22.6 Å². The average molecular weight is 527 g/mol. The molecule has 7 nitrogen and oxygen atoms in total. The fraction of sp³-hybridized carbons (Fsp3) is 0.156. The van der Waals surface area contributed by atoms with Crippen LogP contribution in [-0.4, -0.2) is 25.0 Å². The summed E-state index contributed by atoms with van der Waals surface area (Å²) < 4.78 is 21.8. The van der Waals surface area contributed by atoms with E-state index < -0.39 is 17.9 Å². The van der Waals surface area contributed by atoms with Gasteiger partial charge in [0.25, 0.3) is 0 Å². The summed E-state index contributed by atoms with van der Waals surface area (Å²) in [5, 5.41) is 0. The van der Waals surface area contributed by atoms with Gasteiger partial charge in [-0.3, -0.25) is 0 Å². The van der Waals surface area contributed by atoms with E-state index >= 15 is 0 Å². The molecule has 0 aliphatic carbocycles. The predicted molar refractivity (Wildman–Crippen MR) is 150 cm³/mol. The van der Waals surface area contributed by atoms with E-state index in [1.807, 2.05) is 31.2 Å². The number of hydrogen-bond acceptors (Lipinski definition) is 7. The number of esters is 3. The van der Waals surface area contributed by atoms with Gasteiger partial charge in [0.15, 0.2) is 0 Å². The molecule has 7 heteroatoms. The van der Waals surface area contributed by atoms with Gasteiger partial charge in [0.2, 0.25) is 0 Å². The van der Waals surface area contributed by atoms with Gasteiger partial charge in [-0.1, -0.05) is 37.9 Å². The minimum absolute atomic E-state index is 0.210. The van der Waals surface area contributed by atoms with Crippen LogP contribution in [0.4, 0.5) is 0 Å². The standard InChI is InChI=1S/C32H30O7/c1-18(2)30(33)37-23-11-14-27(28(16-23)36-8)25-12-9-22(15-21(25)7)26-13-10-24(38-31(34)19(3)4)17-29(26)39-32(35)20(5)6/h9-17H,1,3,5H2,2,4,6-8H3. The Kier molecular flexibility index (Phi) is 8.88. The van der Waals surface area contributed by atoms with Crippen molar-refractivity contribution in [3.8, 4) is 45.3 Å². The highest BCUT2D eigenvalue weighted by molar-refractivity contribution is 5.92. The molecule has 0 spiro atoms. The average Bonchev–Trinajstić information content (AvgIpc) is 2.88. The second-order valence-electron chi connectivity index (χ2n) is 9.06. The van der Waals surface area contributed by atoms with Crippen molar-refractivity contribution in [2.45, 2.75) is 27.7 Å². The predicted octanol–water partition coefficient (Wildman–Crippen LogP) is 6.78. The van der Waals surface area contributed by atoms with Crippen LogP contribution in [0.25, 0.3) is 22.3 Å². The first kappa shape index (κ1) is 28.7. The fourth-order valence-corrected chi connectivity index (χ4v) is 3.56. The minimum Gasteiger partial charge on any atom is -0.496 e. The number of aryl methyl sites for hydroxylation is 1. The van der Waals surface area contributed by atoms with Crippen LogP contribution in [-0.2, 0) is 14.4 Å². The Bertz CT molecular complexity index is 1510. The van der Waals surface area contributed by atoms with Crippen LogP contribution in [0.1, 0.15) is 26.3 Å². The van der Waals surface area contributed by atoms with E-state index in [-0.39, 0.29) is 22.6 Å². The molecule has 3 aromatic carbocycles. The van der Waals surface area contributed by atoms with Gasteiger partial charge in [0.05, 0.1) is 7.11 Å². The molecule has 0 unspecified atom stereocenters. The summed E-state index contributed by atoms with van der Waals surface area (Å²) in [5.41, 5.74) is 4.73. The Balaban J connectivity index is 2.02. The first-order valence-electron chi connectivity index (χ1n) is 12.0. The maximum Gasteiger partial charge on any atom is 0.338 e. The lowest BCUT2D eigenvalue weighted by atomic mass is 9.94. The zero-order valence-corrected chi connectivity index (χ0v) is 22.7. The molecule has 0 atom stereocenters. The van der Waals surface area contributed by atoms with Gasteiger partial charge in [-0.2, -0.15) is 0 Å². The third-order valence-corrected chi connectivity index (χ3v) is 5.62. The topological polar surface area (TPSA) is 88.1 Å². The van der Waals surface area contributed by atoms with Gasteiger partial charge in [-0.25, -0.2) is 14.4 Å². The number of carbonyl (C=O) groups excluding carboxylic acids is 3. The van der Waals surface area contributed by atoms with Gasteiger partial charge in [-0.15, -0.1) is 0 Å². The highest BCUT2D eigenvalue weighted by Gasteiger charge is 2.17. The quantitative estimate of drug-likeness (QED) is 0.172. The number of methoxy groups -OCH3 is 1. The molecular formula is C32H30O7. The third kappa shape index (κ3) is 6.90. The zero-order chi connectivity index (χ0) is 28.9. The van der Waals surface area contributed by atoms with E-state index in [9.17, 15) is 14.4 Å². The molecule has 0 heterocycles. The van der Waals surface area contributed by atoms with Crippen molar-refractivity contribution in [2.75, 3.05) is 7.11 Å². The molecule has 0 N–H and O–H groups in total. The highest BCUT2D eigenvalue weighted by Crippen LogP contribution is 2.39. The Morgan fingerprint density at radius 3 is 1.54 bits per heavy atom. The van der Waals surface area contributed by atoms with Crippen molar-refractivity contribution < 1.29 is 33.3 Å². The van der Waals surface area contributed by atoms with Crippen molar-refractivity contribution >= 4 is 17.9 Å². The highest BCUT2D eigenvalue weighted by atomic mass is 16.5. The van der Waals surface area contributed by atoms with Gasteiger partial charge >= 0.3 is 17.9 Å². The lowest BCUT2D eigenvalue weighted by Gasteiger charge is -2.16. The van der Waals surface area contributed by atoms with Crippen molar-refractivity contribution in [3.05, 3.63) is 96.6 Å².